The lowest BCUT2D eigenvalue weighted by atomic mass is 10.0. The number of hydrogen-bond acceptors (Lipinski definition) is 2. The first-order valence-electron chi connectivity index (χ1n) is 4.45. The quantitative estimate of drug-likeness (QED) is 0.831. The van der Waals surface area contributed by atoms with E-state index in [1.165, 1.54) is 17.4 Å². The standard InChI is InChI=1S/C11H7Br2FOS/c12-8-5-16-4-7(8)11(15)6-2-1-3-9(14)10(6)13/h1-5,11,15H. The van der Waals surface area contributed by atoms with Crippen LogP contribution in [-0.2, 0) is 0 Å². The average molecular weight is 366 g/mol. The molecule has 0 aliphatic heterocycles. The summed E-state index contributed by atoms with van der Waals surface area (Å²) in [6.07, 6.45) is -0.828. The Morgan fingerprint density at radius 3 is 2.56 bits per heavy atom. The van der Waals surface area contributed by atoms with Crippen molar-refractivity contribution in [3.63, 3.8) is 0 Å². The summed E-state index contributed by atoms with van der Waals surface area (Å²) < 4.78 is 14.5. The smallest absolute Gasteiger partial charge is 0.137 e. The number of thiophene rings is 1. The fraction of sp³-hybridized carbons (Fsp3) is 0.0909. The highest BCUT2D eigenvalue weighted by Crippen LogP contribution is 2.35. The van der Waals surface area contributed by atoms with Gasteiger partial charge in [-0.2, -0.15) is 11.3 Å². The second-order valence-corrected chi connectivity index (χ2v) is 5.61. The molecule has 0 saturated carbocycles. The Hall–Kier alpha value is -0.230. The maximum Gasteiger partial charge on any atom is 0.137 e. The minimum atomic E-state index is -0.828. The van der Waals surface area contributed by atoms with Gasteiger partial charge in [-0.1, -0.05) is 12.1 Å². The molecule has 0 radical (unpaired) electrons. The van der Waals surface area contributed by atoms with Crippen molar-refractivity contribution in [3.05, 3.63) is 54.8 Å². The zero-order valence-corrected chi connectivity index (χ0v) is 11.9. The fourth-order valence-electron chi connectivity index (χ4n) is 1.39. The van der Waals surface area contributed by atoms with Crippen LogP contribution in [0.3, 0.4) is 0 Å². The molecule has 2 aromatic rings. The third-order valence-corrected chi connectivity index (χ3v) is 4.80. The predicted octanol–water partition coefficient (Wildman–Crippen LogP) is 4.49. The largest absolute Gasteiger partial charge is 0.384 e. The van der Waals surface area contributed by atoms with Gasteiger partial charge in [0.25, 0.3) is 0 Å². The lowest BCUT2D eigenvalue weighted by Crippen LogP contribution is -2.01. The van der Waals surface area contributed by atoms with Crippen LogP contribution in [-0.4, -0.2) is 5.11 Å². The third kappa shape index (κ3) is 2.22. The first-order chi connectivity index (χ1) is 7.61. The zero-order valence-electron chi connectivity index (χ0n) is 7.95. The Balaban J connectivity index is 2.46. The molecule has 1 aromatic heterocycles. The molecule has 0 aliphatic rings. The Bertz CT molecular complexity index is 512. The van der Waals surface area contributed by atoms with Crippen molar-refractivity contribution in [1.29, 1.82) is 0 Å². The first kappa shape index (κ1) is 12.2. The highest BCUT2D eigenvalue weighted by molar-refractivity contribution is 9.10. The summed E-state index contributed by atoms with van der Waals surface area (Å²) in [7, 11) is 0. The van der Waals surface area contributed by atoms with Crippen LogP contribution in [0.15, 0.2) is 37.9 Å². The molecule has 0 aliphatic carbocycles. The van der Waals surface area contributed by atoms with Gasteiger partial charge in [-0.3, -0.25) is 0 Å². The molecule has 0 fully saturated rings. The summed E-state index contributed by atoms with van der Waals surface area (Å²) >= 11 is 7.98. The van der Waals surface area contributed by atoms with Crippen LogP contribution in [0, 0.1) is 5.82 Å². The van der Waals surface area contributed by atoms with E-state index in [0.717, 1.165) is 10.0 Å². The van der Waals surface area contributed by atoms with Gasteiger partial charge in [-0.15, -0.1) is 0 Å². The lowest BCUT2D eigenvalue weighted by molar-refractivity contribution is 0.218. The van der Waals surface area contributed by atoms with Crippen molar-refractivity contribution in [2.45, 2.75) is 6.10 Å². The average Bonchev–Trinajstić information content (AvgIpc) is 2.68. The lowest BCUT2D eigenvalue weighted by Gasteiger charge is -2.12. The number of halogens is 3. The van der Waals surface area contributed by atoms with Crippen LogP contribution in [0.5, 0.6) is 0 Å². The van der Waals surface area contributed by atoms with Gasteiger partial charge < -0.3 is 5.11 Å². The van der Waals surface area contributed by atoms with Crippen LogP contribution in [0.2, 0.25) is 0 Å². The molecule has 5 heteroatoms. The zero-order chi connectivity index (χ0) is 11.7. The van der Waals surface area contributed by atoms with E-state index in [9.17, 15) is 9.50 Å². The van der Waals surface area contributed by atoms with E-state index in [-0.39, 0.29) is 5.82 Å². The van der Waals surface area contributed by atoms with Crippen molar-refractivity contribution in [1.82, 2.24) is 0 Å². The molecule has 1 atom stereocenters. The summed E-state index contributed by atoms with van der Waals surface area (Å²) in [5.74, 6) is -0.372. The molecule has 1 aromatic carbocycles. The Morgan fingerprint density at radius 2 is 1.94 bits per heavy atom. The minimum absolute atomic E-state index is 0.306. The molecular formula is C11H7Br2FOS. The van der Waals surface area contributed by atoms with E-state index in [2.05, 4.69) is 31.9 Å². The van der Waals surface area contributed by atoms with Gasteiger partial charge in [-0.25, -0.2) is 4.39 Å². The highest BCUT2D eigenvalue weighted by Gasteiger charge is 2.18. The van der Waals surface area contributed by atoms with Crippen LogP contribution >= 0.6 is 43.2 Å². The monoisotopic (exact) mass is 364 g/mol. The van der Waals surface area contributed by atoms with Crippen molar-refractivity contribution in [3.8, 4) is 0 Å². The van der Waals surface area contributed by atoms with Crippen molar-refractivity contribution in [2.75, 3.05) is 0 Å². The van der Waals surface area contributed by atoms with E-state index in [1.54, 1.807) is 12.1 Å². The maximum absolute atomic E-state index is 13.3. The number of benzene rings is 1. The minimum Gasteiger partial charge on any atom is -0.384 e. The molecule has 0 bridgehead atoms. The summed E-state index contributed by atoms with van der Waals surface area (Å²) in [5.41, 5.74) is 1.27. The molecule has 2 rings (SSSR count). The van der Waals surface area contributed by atoms with Crippen molar-refractivity contribution < 1.29 is 9.50 Å². The fourth-order valence-corrected chi connectivity index (χ4v) is 3.40. The SMILES string of the molecule is OC(c1cscc1Br)c1cccc(F)c1Br. The normalized spacial score (nSPS) is 12.8. The van der Waals surface area contributed by atoms with Crippen molar-refractivity contribution >= 4 is 43.2 Å². The van der Waals surface area contributed by atoms with Gasteiger partial charge in [0, 0.05) is 21.0 Å². The first-order valence-corrected chi connectivity index (χ1v) is 6.97. The molecule has 1 unspecified atom stereocenters. The summed E-state index contributed by atoms with van der Waals surface area (Å²) in [6, 6.07) is 4.63. The van der Waals surface area contributed by atoms with Gasteiger partial charge in [0.1, 0.15) is 11.9 Å². The summed E-state index contributed by atoms with van der Waals surface area (Å²) in [4.78, 5) is 0. The molecule has 1 nitrogen and oxygen atoms in total. The van der Waals surface area contributed by atoms with E-state index in [1.807, 2.05) is 10.8 Å². The van der Waals surface area contributed by atoms with Gasteiger partial charge in [0.15, 0.2) is 0 Å². The van der Waals surface area contributed by atoms with Gasteiger partial charge in [0.05, 0.1) is 4.47 Å². The molecule has 0 amide bonds. The Morgan fingerprint density at radius 1 is 1.19 bits per heavy atom. The topological polar surface area (TPSA) is 20.2 Å². The van der Waals surface area contributed by atoms with E-state index < -0.39 is 6.10 Å². The Labute approximate surface area is 113 Å². The Kier molecular flexibility index (Phi) is 3.79. The number of hydrogen-bond donors (Lipinski definition) is 1. The van der Waals surface area contributed by atoms with E-state index in [0.29, 0.717) is 10.0 Å². The number of rotatable bonds is 2. The molecule has 16 heavy (non-hydrogen) atoms. The number of aliphatic hydroxyl groups is 1. The summed E-state index contributed by atoms with van der Waals surface area (Å²) in [5, 5.41) is 13.9. The van der Waals surface area contributed by atoms with Gasteiger partial charge in [0.2, 0.25) is 0 Å². The van der Waals surface area contributed by atoms with Gasteiger partial charge >= 0.3 is 0 Å². The van der Waals surface area contributed by atoms with E-state index in [4.69, 9.17) is 0 Å². The third-order valence-electron chi connectivity index (χ3n) is 2.21. The van der Waals surface area contributed by atoms with Crippen molar-refractivity contribution in [2.24, 2.45) is 0 Å². The number of aliphatic hydroxyl groups excluding tert-OH is 1. The molecule has 0 saturated heterocycles. The maximum atomic E-state index is 13.3. The van der Waals surface area contributed by atoms with Crippen LogP contribution in [0.1, 0.15) is 17.2 Å². The van der Waals surface area contributed by atoms with Crippen LogP contribution in [0.25, 0.3) is 0 Å². The van der Waals surface area contributed by atoms with Crippen LogP contribution < -0.4 is 0 Å². The molecular weight excluding hydrogens is 359 g/mol. The predicted molar refractivity (Wildman–Crippen MR) is 70.2 cm³/mol. The van der Waals surface area contributed by atoms with E-state index >= 15 is 0 Å². The highest BCUT2D eigenvalue weighted by atomic mass is 79.9. The molecule has 1 N–H and O–H groups in total. The molecule has 1 heterocycles. The summed E-state index contributed by atoms with van der Waals surface area (Å²) in [6.45, 7) is 0. The van der Waals surface area contributed by atoms with Crippen LogP contribution in [0.4, 0.5) is 4.39 Å². The van der Waals surface area contributed by atoms with Gasteiger partial charge in [-0.05, 0) is 43.3 Å². The molecule has 0 spiro atoms. The molecule has 84 valence electrons. The second kappa shape index (κ2) is 4.96. The second-order valence-electron chi connectivity index (χ2n) is 3.22.